The molecule has 0 saturated carbocycles. The third-order valence-electron chi connectivity index (χ3n) is 2.51. The second-order valence-electron chi connectivity index (χ2n) is 3.92. The van der Waals surface area contributed by atoms with Gasteiger partial charge in [-0.3, -0.25) is 4.79 Å². The van der Waals surface area contributed by atoms with Crippen LogP contribution < -0.4 is 11.1 Å². The van der Waals surface area contributed by atoms with Gasteiger partial charge in [0.2, 0.25) is 5.91 Å². The molecular formula is C10H14N6O2S. The summed E-state index contributed by atoms with van der Waals surface area (Å²) in [6.07, 6.45) is 2.34. The standard InChI is InChI=1S/C10H14N6O2S/c1-4(17)5(11)9(18)14-8-6-7(13-3-12-6)15-10(16-8)19-2/h3-5,17H,11H2,1-2H3,(H2,12,13,14,15,16,18)/t4-,5+/m1/s1. The maximum atomic E-state index is 11.8. The number of nitrogens with zero attached hydrogens (tertiary/aromatic N) is 3. The number of H-pyrrole nitrogens is 1. The lowest BCUT2D eigenvalue weighted by Crippen LogP contribution is -2.43. The van der Waals surface area contributed by atoms with Crippen LogP contribution in [0.1, 0.15) is 6.92 Å². The minimum absolute atomic E-state index is 0.299. The summed E-state index contributed by atoms with van der Waals surface area (Å²) in [7, 11) is 0. The first kappa shape index (κ1) is 13.7. The highest BCUT2D eigenvalue weighted by molar-refractivity contribution is 7.98. The molecule has 0 aromatic carbocycles. The number of nitrogens with one attached hydrogen (secondary N) is 2. The first-order valence-electron chi connectivity index (χ1n) is 5.52. The zero-order valence-electron chi connectivity index (χ0n) is 10.4. The molecule has 0 saturated heterocycles. The largest absolute Gasteiger partial charge is 0.391 e. The zero-order valence-corrected chi connectivity index (χ0v) is 11.2. The number of carbonyl (C=O) groups is 1. The molecule has 0 aliphatic heterocycles. The molecule has 0 unspecified atom stereocenters. The van der Waals surface area contributed by atoms with E-state index in [4.69, 9.17) is 5.73 Å². The summed E-state index contributed by atoms with van der Waals surface area (Å²) in [5.74, 6) is -0.218. The maximum absolute atomic E-state index is 11.8. The van der Waals surface area contributed by atoms with Crippen molar-refractivity contribution in [3.05, 3.63) is 6.33 Å². The molecule has 1 amide bonds. The molecule has 0 aliphatic rings. The fourth-order valence-electron chi connectivity index (χ4n) is 1.41. The minimum atomic E-state index is -1.02. The molecule has 9 heteroatoms. The zero-order chi connectivity index (χ0) is 14.0. The van der Waals surface area contributed by atoms with Gasteiger partial charge in [0.25, 0.3) is 0 Å². The number of aliphatic hydroxyl groups is 1. The van der Waals surface area contributed by atoms with E-state index in [0.717, 1.165) is 0 Å². The Balaban J connectivity index is 2.33. The van der Waals surface area contributed by atoms with Crippen molar-refractivity contribution < 1.29 is 9.90 Å². The van der Waals surface area contributed by atoms with Crippen LogP contribution in [0.2, 0.25) is 0 Å². The average Bonchev–Trinajstić information content (AvgIpc) is 2.85. The average molecular weight is 282 g/mol. The first-order chi connectivity index (χ1) is 9.02. The quantitative estimate of drug-likeness (QED) is 0.448. The molecule has 5 N–H and O–H groups in total. The predicted molar refractivity (Wildman–Crippen MR) is 71.8 cm³/mol. The Hall–Kier alpha value is -1.71. The molecule has 2 aromatic heterocycles. The van der Waals surface area contributed by atoms with E-state index in [1.165, 1.54) is 25.0 Å². The summed E-state index contributed by atoms with van der Waals surface area (Å²) >= 11 is 1.33. The lowest BCUT2D eigenvalue weighted by atomic mass is 10.2. The molecule has 0 aliphatic carbocycles. The molecule has 0 spiro atoms. The summed E-state index contributed by atoms with van der Waals surface area (Å²) in [5, 5.41) is 12.4. The topological polar surface area (TPSA) is 130 Å². The fraction of sp³-hybridized carbons (Fsp3) is 0.400. The Morgan fingerprint density at radius 1 is 1.58 bits per heavy atom. The van der Waals surface area contributed by atoms with E-state index in [1.54, 1.807) is 0 Å². The number of hydrogen-bond donors (Lipinski definition) is 4. The van der Waals surface area contributed by atoms with E-state index < -0.39 is 18.1 Å². The Morgan fingerprint density at radius 2 is 2.32 bits per heavy atom. The molecule has 2 heterocycles. The van der Waals surface area contributed by atoms with Gasteiger partial charge in [0.1, 0.15) is 11.6 Å². The number of hydrogen-bond acceptors (Lipinski definition) is 7. The van der Waals surface area contributed by atoms with Crippen molar-refractivity contribution in [2.24, 2.45) is 5.73 Å². The molecule has 0 bridgehead atoms. The van der Waals surface area contributed by atoms with Gasteiger partial charge < -0.3 is 21.1 Å². The van der Waals surface area contributed by atoms with Gasteiger partial charge in [0, 0.05) is 0 Å². The van der Waals surface area contributed by atoms with Crippen LogP contribution in [0.15, 0.2) is 11.5 Å². The number of rotatable bonds is 4. The second kappa shape index (κ2) is 5.51. The number of aliphatic hydroxyl groups excluding tert-OH is 1. The fourth-order valence-corrected chi connectivity index (χ4v) is 1.77. The van der Waals surface area contributed by atoms with Gasteiger partial charge >= 0.3 is 0 Å². The Kier molecular flexibility index (Phi) is 3.98. The SMILES string of the molecule is CSc1nc(NC(=O)[C@@H](N)[C@@H](C)O)c2[nH]cnc2n1. The van der Waals surface area contributed by atoms with Crippen LogP contribution in [0.5, 0.6) is 0 Å². The number of imidazole rings is 1. The van der Waals surface area contributed by atoms with Gasteiger partial charge in [-0.15, -0.1) is 0 Å². The summed E-state index contributed by atoms with van der Waals surface area (Å²) < 4.78 is 0. The van der Waals surface area contributed by atoms with Crippen molar-refractivity contribution in [2.45, 2.75) is 24.2 Å². The molecule has 2 atom stereocenters. The molecule has 8 nitrogen and oxygen atoms in total. The van der Waals surface area contributed by atoms with Gasteiger partial charge in [0.15, 0.2) is 16.6 Å². The maximum Gasteiger partial charge on any atom is 0.245 e. The van der Waals surface area contributed by atoms with Crippen LogP contribution in [-0.4, -0.2) is 49.4 Å². The Morgan fingerprint density at radius 3 is 2.95 bits per heavy atom. The van der Waals surface area contributed by atoms with Gasteiger partial charge in [-0.05, 0) is 13.2 Å². The number of anilines is 1. The number of aromatic amines is 1. The van der Waals surface area contributed by atoms with Crippen molar-refractivity contribution in [1.29, 1.82) is 0 Å². The summed E-state index contributed by atoms with van der Waals surface area (Å²) in [6, 6.07) is -1.02. The van der Waals surface area contributed by atoms with Gasteiger partial charge in [-0.1, -0.05) is 11.8 Å². The molecule has 19 heavy (non-hydrogen) atoms. The lowest BCUT2D eigenvalue weighted by molar-refractivity contribution is -0.119. The predicted octanol–water partition coefficient (Wildman–Crippen LogP) is -0.279. The number of amides is 1. The summed E-state index contributed by atoms with van der Waals surface area (Å²) in [5.41, 5.74) is 6.54. The number of aromatic nitrogens is 4. The van der Waals surface area contributed by atoms with E-state index in [9.17, 15) is 9.90 Å². The first-order valence-corrected chi connectivity index (χ1v) is 6.75. The molecule has 2 aromatic rings. The lowest BCUT2D eigenvalue weighted by Gasteiger charge is -2.14. The van der Waals surface area contributed by atoms with Crippen LogP contribution in [0.25, 0.3) is 11.2 Å². The summed E-state index contributed by atoms with van der Waals surface area (Å²) in [4.78, 5) is 27.1. The number of fused-ring (bicyclic) bond motifs is 1. The van der Waals surface area contributed by atoms with E-state index in [-0.39, 0.29) is 0 Å². The third kappa shape index (κ3) is 2.83. The van der Waals surface area contributed by atoms with Gasteiger partial charge in [-0.2, -0.15) is 0 Å². The van der Waals surface area contributed by atoms with Crippen molar-refractivity contribution in [1.82, 2.24) is 19.9 Å². The monoisotopic (exact) mass is 282 g/mol. The van der Waals surface area contributed by atoms with Gasteiger partial charge in [-0.25, -0.2) is 15.0 Å². The smallest absolute Gasteiger partial charge is 0.245 e. The number of nitrogens with two attached hydrogens (primary N) is 1. The third-order valence-corrected chi connectivity index (χ3v) is 3.06. The molecule has 2 rings (SSSR count). The number of thioether (sulfide) groups is 1. The van der Waals surface area contributed by atoms with Crippen molar-refractivity contribution >= 4 is 34.7 Å². The van der Waals surface area contributed by atoms with E-state index in [0.29, 0.717) is 22.1 Å². The van der Waals surface area contributed by atoms with Crippen molar-refractivity contribution in [3.63, 3.8) is 0 Å². The Bertz CT molecular complexity index is 599. The number of carbonyl (C=O) groups excluding carboxylic acids is 1. The minimum Gasteiger partial charge on any atom is -0.391 e. The van der Waals surface area contributed by atoms with Crippen LogP contribution in [0, 0.1) is 0 Å². The highest BCUT2D eigenvalue weighted by Crippen LogP contribution is 2.20. The van der Waals surface area contributed by atoms with Crippen LogP contribution in [0.4, 0.5) is 5.82 Å². The van der Waals surface area contributed by atoms with Crippen LogP contribution >= 0.6 is 11.8 Å². The summed E-state index contributed by atoms with van der Waals surface area (Å²) in [6.45, 7) is 1.45. The molecule has 0 radical (unpaired) electrons. The Labute approximate surface area is 113 Å². The molecular weight excluding hydrogens is 268 g/mol. The van der Waals surface area contributed by atoms with E-state index in [2.05, 4.69) is 25.3 Å². The highest BCUT2D eigenvalue weighted by Gasteiger charge is 2.21. The van der Waals surface area contributed by atoms with E-state index >= 15 is 0 Å². The van der Waals surface area contributed by atoms with E-state index in [1.807, 2.05) is 6.26 Å². The highest BCUT2D eigenvalue weighted by atomic mass is 32.2. The van der Waals surface area contributed by atoms with Crippen LogP contribution in [-0.2, 0) is 4.79 Å². The second-order valence-corrected chi connectivity index (χ2v) is 4.69. The normalized spacial score (nSPS) is 14.3. The molecule has 102 valence electrons. The van der Waals surface area contributed by atoms with Crippen molar-refractivity contribution in [3.8, 4) is 0 Å². The van der Waals surface area contributed by atoms with Gasteiger partial charge in [0.05, 0.1) is 12.4 Å². The van der Waals surface area contributed by atoms with Crippen LogP contribution in [0.3, 0.4) is 0 Å². The molecule has 0 fully saturated rings. The van der Waals surface area contributed by atoms with Crippen molar-refractivity contribution in [2.75, 3.05) is 11.6 Å².